The fraction of sp³-hybridized carbons (Fsp3) is 0.292. The van der Waals surface area contributed by atoms with E-state index in [0.717, 1.165) is 28.8 Å². The van der Waals surface area contributed by atoms with Gasteiger partial charge in [-0.15, -0.1) is 0 Å². The Labute approximate surface area is 175 Å². The first-order valence-electron chi connectivity index (χ1n) is 10.2. The van der Waals surface area contributed by atoms with Crippen molar-refractivity contribution in [1.29, 1.82) is 0 Å². The molecule has 1 aromatic heterocycles. The molecule has 0 bridgehead atoms. The average Bonchev–Trinajstić information content (AvgIpc) is 3.42. The maximum absolute atomic E-state index is 12.7. The Morgan fingerprint density at radius 2 is 1.83 bits per heavy atom. The summed E-state index contributed by atoms with van der Waals surface area (Å²) in [5, 5.41) is 6.80. The van der Waals surface area contributed by atoms with Gasteiger partial charge in [0, 0.05) is 19.2 Å². The van der Waals surface area contributed by atoms with Crippen LogP contribution in [0.2, 0.25) is 0 Å². The van der Waals surface area contributed by atoms with Crippen LogP contribution in [0.15, 0.2) is 65.2 Å². The molecule has 2 amide bonds. The van der Waals surface area contributed by atoms with E-state index in [-0.39, 0.29) is 18.2 Å². The van der Waals surface area contributed by atoms with Crippen molar-refractivity contribution in [2.45, 2.75) is 38.8 Å². The lowest BCUT2D eigenvalue weighted by Gasteiger charge is -2.23. The quantitative estimate of drug-likeness (QED) is 0.684. The molecule has 154 valence electrons. The van der Waals surface area contributed by atoms with Gasteiger partial charge in [0.05, 0.1) is 12.1 Å². The molecule has 1 fully saturated rings. The molecule has 6 nitrogen and oxygen atoms in total. The topological polar surface area (TPSA) is 75.4 Å². The van der Waals surface area contributed by atoms with E-state index in [4.69, 9.17) is 4.52 Å². The number of amides is 2. The highest BCUT2D eigenvalue weighted by molar-refractivity contribution is 5.88. The number of carbonyl (C=O) groups is 2. The zero-order valence-electron chi connectivity index (χ0n) is 17.0. The molecule has 2 aromatic carbocycles. The summed E-state index contributed by atoms with van der Waals surface area (Å²) < 4.78 is 5.14. The predicted octanol–water partition coefficient (Wildman–Crippen LogP) is 3.50. The molecule has 30 heavy (non-hydrogen) atoms. The van der Waals surface area contributed by atoms with E-state index in [1.54, 1.807) is 11.0 Å². The van der Waals surface area contributed by atoms with E-state index in [2.05, 4.69) is 34.7 Å². The Morgan fingerprint density at radius 3 is 2.53 bits per heavy atom. The summed E-state index contributed by atoms with van der Waals surface area (Å²) in [5.74, 6) is 0.319. The van der Waals surface area contributed by atoms with E-state index in [9.17, 15) is 9.59 Å². The molecule has 3 aromatic rings. The number of aromatic nitrogens is 1. The number of nitrogens with one attached hydrogen (secondary N) is 1. The lowest BCUT2D eigenvalue weighted by molar-refractivity contribution is -0.138. The molecule has 0 saturated carbocycles. The van der Waals surface area contributed by atoms with Crippen molar-refractivity contribution < 1.29 is 14.1 Å². The summed E-state index contributed by atoms with van der Waals surface area (Å²) in [6.45, 7) is 2.85. The van der Waals surface area contributed by atoms with E-state index in [0.29, 0.717) is 25.3 Å². The van der Waals surface area contributed by atoms with E-state index >= 15 is 0 Å². The van der Waals surface area contributed by atoms with Gasteiger partial charge in [-0.3, -0.25) is 9.59 Å². The molecular formula is C24H25N3O3. The highest BCUT2D eigenvalue weighted by Gasteiger charge is 2.34. The van der Waals surface area contributed by atoms with Crippen LogP contribution in [0.5, 0.6) is 0 Å². The van der Waals surface area contributed by atoms with Gasteiger partial charge in [0.25, 0.3) is 0 Å². The summed E-state index contributed by atoms with van der Waals surface area (Å²) in [6, 6.07) is 19.7. The van der Waals surface area contributed by atoms with E-state index in [1.165, 1.54) is 0 Å². The molecule has 6 heteroatoms. The second kappa shape index (κ2) is 8.95. The van der Waals surface area contributed by atoms with Gasteiger partial charge in [-0.25, -0.2) is 0 Å². The molecule has 1 atom stereocenters. The highest BCUT2D eigenvalue weighted by Crippen LogP contribution is 2.21. The number of rotatable bonds is 6. The van der Waals surface area contributed by atoms with Crippen LogP contribution in [-0.2, 0) is 22.6 Å². The molecule has 1 saturated heterocycles. The Hall–Kier alpha value is -3.41. The van der Waals surface area contributed by atoms with Crippen LogP contribution in [0, 0.1) is 6.92 Å². The maximum Gasteiger partial charge on any atom is 0.243 e. The number of nitrogens with zero attached hydrogens (tertiary/aromatic N) is 2. The van der Waals surface area contributed by atoms with Crippen LogP contribution in [0.1, 0.15) is 29.9 Å². The van der Waals surface area contributed by atoms with Crippen molar-refractivity contribution in [3.05, 3.63) is 77.7 Å². The van der Waals surface area contributed by atoms with Crippen molar-refractivity contribution >= 4 is 11.8 Å². The van der Waals surface area contributed by atoms with Crippen LogP contribution in [0.3, 0.4) is 0 Å². The molecule has 0 aliphatic carbocycles. The standard InChI is InChI=1S/C24H25N3O3/c1-17-14-21(30-26-17)15-23(28)27-13-5-8-22(27)24(29)25-16-18-9-11-20(12-10-18)19-6-3-2-4-7-19/h2-4,6-7,9-12,14,22H,5,8,13,15-16H2,1H3,(H,25,29)/t22-/m0/s1. The van der Waals surface area contributed by atoms with Gasteiger partial charge in [0.2, 0.25) is 11.8 Å². The second-order valence-corrected chi connectivity index (χ2v) is 7.64. The summed E-state index contributed by atoms with van der Waals surface area (Å²) >= 11 is 0. The van der Waals surface area contributed by atoms with Gasteiger partial charge in [-0.05, 0) is 36.5 Å². The van der Waals surface area contributed by atoms with Crippen LogP contribution >= 0.6 is 0 Å². The third kappa shape index (κ3) is 4.59. The molecule has 0 radical (unpaired) electrons. The van der Waals surface area contributed by atoms with Crippen molar-refractivity contribution in [2.24, 2.45) is 0 Å². The summed E-state index contributed by atoms with van der Waals surface area (Å²) in [6.07, 6.45) is 1.64. The van der Waals surface area contributed by atoms with Crippen molar-refractivity contribution in [3.63, 3.8) is 0 Å². The first kappa shape index (κ1) is 19.9. The van der Waals surface area contributed by atoms with Crippen LogP contribution < -0.4 is 5.32 Å². The highest BCUT2D eigenvalue weighted by atomic mass is 16.5. The number of likely N-dealkylation sites (tertiary alicyclic amines) is 1. The number of carbonyl (C=O) groups excluding carboxylic acids is 2. The maximum atomic E-state index is 12.7. The summed E-state index contributed by atoms with van der Waals surface area (Å²) in [7, 11) is 0. The average molecular weight is 403 g/mol. The van der Waals surface area contributed by atoms with Gasteiger partial charge in [0.15, 0.2) is 0 Å². The molecule has 1 aliphatic rings. The van der Waals surface area contributed by atoms with Gasteiger partial charge >= 0.3 is 0 Å². The van der Waals surface area contributed by atoms with E-state index < -0.39 is 6.04 Å². The fourth-order valence-electron chi connectivity index (χ4n) is 3.84. The molecule has 0 spiro atoms. The molecule has 1 aliphatic heterocycles. The largest absolute Gasteiger partial charge is 0.361 e. The van der Waals surface area contributed by atoms with Gasteiger partial charge in [-0.2, -0.15) is 0 Å². The Kier molecular flexibility index (Phi) is 5.93. The van der Waals surface area contributed by atoms with Gasteiger partial charge in [0.1, 0.15) is 11.8 Å². The number of aryl methyl sites for hydroxylation is 1. The number of benzene rings is 2. The molecule has 4 rings (SSSR count). The van der Waals surface area contributed by atoms with Crippen molar-refractivity contribution in [2.75, 3.05) is 6.54 Å². The SMILES string of the molecule is Cc1cc(CC(=O)N2CCC[C@H]2C(=O)NCc2ccc(-c3ccccc3)cc2)on1. The third-order valence-electron chi connectivity index (χ3n) is 5.41. The monoisotopic (exact) mass is 403 g/mol. The Morgan fingerprint density at radius 1 is 1.10 bits per heavy atom. The zero-order chi connectivity index (χ0) is 20.9. The van der Waals surface area contributed by atoms with Gasteiger partial charge in [-0.1, -0.05) is 59.8 Å². The smallest absolute Gasteiger partial charge is 0.243 e. The van der Waals surface area contributed by atoms with E-state index in [1.807, 2.05) is 37.3 Å². The van der Waals surface area contributed by atoms with Crippen LogP contribution in [-0.4, -0.2) is 34.5 Å². The van der Waals surface area contributed by atoms with Gasteiger partial charge < -0.3 is 14.7 Å². The number of hydrogen-bond donors (Lipinski definition) is 1. The normalized spacial score (nSPS) is 15.9. The van der Waals surface area contributed by atoms with Crippen LogP contribution in [0.25, 0.3) is 11.1 Å². The molecule has 0 unspecified atom stereocenters. The first-order chi connectivity index (χ1) is 14.6. The minimum Gasteiger partial charge on any atom is -0.361 e. The number of hydrogen-bond acceptors (Lipinski definition) is 4. The summed E-state index contributed by atoms with van der Waals surface area (Å²) in [4.78, 5) is 27.0. The predicted molar refractivity (Wildman–Crippen MR) is 113 cm³/mol. The van der Waals surface area contributed by atoms with Crippen LogP contribution in [0.4, 0.5) is 0 Å². The minimum atomic E-state index is -0.426. The second-order valence-electron chi connectivity index (χ2n) is 7.64. The molecule has 2 heterocycles. The lowest BCUT2D eigenvalue weighted by atomic mass is 10.0. The molecule has 1 N–H and O–H groups in total. The summed E-state index contributed by atoms with van der Waals surface area (Å²) in [5.41, 5.74) is 4.07. The Balaban J connectivity index is 1.33. The Bertz CT molecular complexity index is 1010. The van der Waals surface area contributed by atoms with Crippen molar-refractivity contribution in [1.82, 2.24) is 15.4 Å². The lowest BCUT2D eigenvalue weighted by Crippen LogP contribution is -2.46. The van der Waals surface area contributed by atoms with Crippen molar-refractivity contribution in [3.8, 4) is 11.1 Å². The molecular weight excluding hydrogens is 378 g/mol. The zero-order valence-corrected chi connectivity index (χ0v) is 17.0. The third-order valence-corrected chi connectivity index (χ3v) is 5.41. The first-order valence-corrected chi connectivity index (χ1v) is 10.2. The minimum absolute atomic E-state index is 0.101. The fourth-order valence-corrected chi connectivity index (χ4v) is 3.84.